The molecule has 0 fully saturated rings. The molecule has 1 heterocycles. The van der Waals surface area contributed by atoms with Crippen LogP contribution in [0.4, 0.5) is 17.1 Å². The van der Waals surface area contributed by atoms with Crippen molar-refractivity contribution in [1.82, 2.24) is 0 Å². The number of hydrogen-bond donors (Lipinski definition) is 2. The van der Waals surface area contributed by atoms with Crippen molar-refractivity contribution in [2.24, 2.45) is 0 Å². The lowest BCUT2D eigenvalue weighted by Crippen LogP contribution is -2.32. The van der Waals surface area contributed by atoms with E-state index in [1.165, 1.54) is 36.4 Å². The number of hydrogen-bond acceptors (Lipinski definition) is 6. The molecule has 3 amide bonds. The van der Waals surface area contributed by atoms with Gasteiger partial charge in [-0.1, -0.05) is 54.2 Å². The number of halogens is 3. The van der Waals surface area contributed by atoms with Gasteiger partial charge in [-0.15, -0.1) is 0 Å². The molecule has 11 heteroatoms. The smallest absolute Gasteiger partial charge is 0.338 e. The highest BCUT2D eigenvalue weighted by Gasteiger charge is 2.39. The van der Waals surface area contributed by atoms with Gasteiger partial charge in [-0.2, -0.15) is 0 Å². The van der Waals surface area contributed by atoms with Gasteiger partial charge < -0.3 is 15.4 Å². The number of unbranched alkanes of at least 4 members (excludes halogenated alkanes) is 1. The Hall–Kier alpha value is -3.85. The van der Waals surface area contributed by atoms with Crippen LogP contribution in [-0.4, -0.2) is 30.3 Å². The summed E-state index contributed by atoms with van der Waals surface area (Å²) in [6.07, 6.45) is 1.68. The van der Waals surface area contributed by atoms with E-state index in [-0.39, 0.29) is 26.5 Å². The van der Waals surface area contributed by atoms with Crippen LogP contribution in [-0.2, 0) is 14.3 Å². The third-order valence-corrected chi connectivity index (χ3v) is 6.42. The molecule has 2 N–H and O–H groups in total. The minimum Gasteiger partial charge on any atom is -0.462 e. The fourth-order valence-corrected chi connectivity index (χ4v) is 4.41. The summed E-state index contributed by atoms with van der Waals surface area (Å²) in [5.74, 6) is -2.28. The summed E-state index contributed by atoms with van der Waals surface area (Å²) in [7, 11) is 0. The molecule has 4 rings (SSSR count). The Morgan fingerprint density at radius 2 is 1.54 bits per heavy atom. The fraction of sp³-hybridized carbons (Fsp3) is 0.143. The minimum atomic E-state index is -0.727. The summed E-state index contributed by atoms with van der Waals surface area (Å²) in [5.41, 5.74) is 1.56. The van der Waals surface area contributed by atoms with E-state index in [1.807, 2.05) is 6.92 Å². The third kappa shape index (κ3) is 6.60. The van der Waals surface area contributed by atoms with E-state index in [4.69, 9.17) is 39.5 Å². The predicted octanol–water partition coefficient (Wildman–Crippen LogP) is 6.64. The lowest BCUT2D eigenvalue weighted by Gasteiger charge is -2.16. The number of nitrogens with zero attached hydrogens (tertiary/aromatic N) is 1. The molecule has 1 aliphatic rings. The normalized spacial score (nSPS) is 13.1. The van der Waals surface area contributed by atoms with Crippen LogP contribution in [0.3, 0.4) is 0 Å². The maximum atomic E-state index is 13.0. The number of nitrogens with one attached hydrogen (secondary N) is 2. The standard InChI is InChI=1S/C28H22Cl3N3O5/c1-2-3-11-39-28(38)17-5-4-6-21(12-17)33-25(35)16-7-9-20(10-8-16)32-24-23(31)26(36)34(27(24)37)22-14-18(29)13-19(30)15-22/h4-10,12-15,32H,2-3,11H2,1H3,(H,33,35). The van der Waals surface area contributed by atoms with E-state index in [9.17, 15) is 19.2 Å². The van der Waals surface area contributed by atoms with Crippen LogP contribution in [0.2, 0.25) is 10.0 Å². The van der Waals surface area contributed by atoms with E-state index >= 15 is 0 Å². The summed E-state index contributed by atoms with van der Waals surface area (Å²) >= 11 is 18.2. The number of anilines is 3. The number of benzene rings is 3. The molecule has 8 nitrogen and oxygen atoms in total. The Morgan fingerprint density at radius 1 is 0.846 bits per heavy atom. The number of carbonyl (C=O) groups is 4. The lowest BCUT2D eigenvalue weighted by molar-refractivity contribution is -0.120. The summed E-state index contributed by atoms with van der Waals surface area (Å²) in [6.45, 7) is 2.34. The van der Waals surface area contributed by atoms with Gasteiger partial charge in [0.05, 0.1) is 17.9 Å². The number of ether oxygens (including phenoxy) is 1. The summed E-state index contributed by atoms with van der Waals surface area (Å²) in [6, 6.07) is 17.0. The molecule has 1 aliphatic heterocycles. The second kappa shape index (κ2) is 12.3. The van der Waals surface area contributed by atoms with Crippen LogP contribution in [0, 0.1) is 0 Å². The molecule has 0 aliphatic carbocycles. The van der Waals surface area contributed by atoms with Gasteiger partial charge >= 0.3 is 5.97 Å². The SMILES string of the molecule is CCCCOC(=O)c1cccc(NC(=O)c2ccc(NC3=C(Cl)C(=O)N(c4cc(Cl)cc(Cl)c4)C3=O)cc2)c1. The van der Waals surface area contributed by atoms with Crippen LogP contribution in [0.5, 0.6) is 0 Å². The molecule has 0 radical (unpaired) electrons. The maximum absolute atomic E-state index is 13.0. The molecule has 0 aromatic heterocycles. The molecular weight excluding hydrogens is 565 g/mol. The van der Waals surface area contributed by atoms with Crippen molar-refractivity contribution < 1.29 is 23.9 Å². The Labute approximate surface area is 239 Å². The number of esters is 1. The van der Waals surface area contributed by atoms with Crippen molar-refractivity contribution in [3.63, 3.8) is 0 Å². The monoisotopic (exact) mass is 585 g/mol. The molecule has 0 bridgehead atoms. The van der Waals surface area contributed by atoms with Crippen molar-refractivity contribution in [2.75, 3.05) is 22.1 Å². The second-order valence-electron chi connectivity index (χ2n) is 8.49. The zero-order chi connectivity index (χ0) is 28.1. The molecule has 200 valence electrons. The predicted molar refractivity (Wildman–Crippen MR) is 151 cm³/mol. The van der Waals surface area contributed by atoms with Crippen molar-refractivity contribution >= 4 is 75.6 Å². The number of imide groups is 1. The fourth-order valence-electron chi connectivity index (χ4n) is 3.68. The van der Waals surface area contributed by atoms with Crippen molar-refractivity contribution in [1.29, 1.82) is 0 Å². The lowest BCUT2D eigenvalue weighted by atomic mass is 10.1. The molecular formula is C28H22Cl3N3O5. The largest absolute Gasteiger partial charge is 0.462 e. The second-order valence-corrected chi connectivity index (χ2v) is 9.74. The van der Waals surface area contributed by atoms with Crippen molar-refractivity contribution in [2.45, 2.75) is 19.8 Å². The van der Waals surface area contributed by atoms with E-state index in [1.54, 1.807) is 30.3 Å². The van der Waals surface area contributed by atoms with Crippen LogP contribution in [0.1, 0.15) is 40.5 Å². The van der Waals surface area contributed by atoms with E-state index < -0.39 is 23.7 Å². The molecule has 0 spiro atoms. The summed E-state index contributed by atoms with van der Waals surface area (Å²) < 4.78 is 5.21. The van der Waals surface area contributed by atoms with Crippen molar-refractivity contribution in [3.8, 4) is 0 Å². The van der Waals surface area contributed by atoms with Crippen LogP contribution in [0.25, 0.3) is 0 Å². The highest BCUT2D eigenvalue weighted by Crippen LogP contribution is 2.33. The molecule has 0 unspecified atom stereocenters. The van der Waals surface area contributed by atoms with Crippen LogP contribution in [0.15, 0.2) is 77.5 Å². The quantitative estimate of drug-likeness (QED) is 0.165. The summed E-state index contributed by atoms with van der Waals surface area (Å²) in [4.78, 5) is 51.5. The number of amides is 3. The Morgan fingerprint density at radius 3 is 2.21 bits per heavy atom. The van der Waals surface area contributed by atoms with Gasteiger partial charge in [-0.3, -0.25) is 14.4 Å². The molecule has 3 aromatic rings. The first-order chi connectivity index (χ1) is 18.7. The molecule has 0 saturated heterocycles. The van der Waals surface area contributed by atoms with Crippen LogP contribution >= 0.6 is 34.8 Å². The number of rotatable bonds is 9. The van der Waals surface area contributed by atoms with E-state index in [0.717, 1.165) is 17.7 Å². The van der Waals surface area contributed by atoms with Gasteiger partial charge in [0.25, 0.3) is 17.7 Å². The number of carbonyl (C=O) groups excluding carboxylic acids is 4. The van der Waals surface area contributed by atoms with Crippen molar-refractivity contribution in [3.05, 3.63) is 98.6 Å². The average molecular weight is 587 g/mol. The van der Waals surface area contributed by atoms with E-state index in [2.05, 4.69) is 10.6 Å². The minimum absolute atomic E-state index is 0.127. The molecule has 0 saturated carbocycles. The highest BCUT2D eigenvalue weighted by molar-refractivity contribution is 6.53. The molecule has 3 aromatic carbocycles. The van der Waals surface area contributed by atoms with Crippen LogP contribution < -0.4 is 15.5 Å². The van der Waals surface area contributed by atoms with E-state index in [0.29, 0.717) is 29.1 Å². The zero-order valence-electron chi connectivity index (χ0n) is 20.6. The van der Waals surface area contributed by atoms with Gasteiger partial charge in [0, 0.05) is 27.0 Å². The third-order valence-electron chi connectivity index (χ3n) is 5.64. The average Bonchev–Trinajstić information content (AvgIpc) is 3.11. The Bertz CT molecular complexity index is 1470. The topological polar surface area (TPSA) is 105 Å². The van der Waals surface area contributed by atoms with Gasteiger partial charge in [0.2, 0.25) is 0 Å². The first-order valence-electron chi connectivity index (χ1n) is 11.9. The Kier molecular flexibility index (Phi) is 8.91. The highest BCUT2D eigenvalue weighted by atomic mass is 35.5. The first-order valence-corrected chi connectivity index (χ1v) is 13.0. The molecule has 39 heavy (non-hydrogen) atoms. The Balaban J connectivity index is 1.42. The first kappa shape index (κ1) is 28.2. The molecule has 0 atom stereocenters. The van der Waals surface area contributed by atoms with Gasteiger partial charge in [-0.25, -0.2) is 9.69 Å². The maximum Gasteiger partial charge on any atom is 0.338 e. The van der Waals surface area contributed by atoms with Gasteiger partial charge in [0.1, 0.15) is 10.7 Å². The summed E-state index contributed by atoms with van der Waals surface area (Å²) in [5, 5.41) is 5.79. The van der Waals surface area contributed by atoms with Gasteiger partial charge in [0.15, 0.2) is 0 Å². The van der Waals surface area contributed by atoms with Gasteiger partial charge in [-0.05, 0) is 67.1 Å². The zero-order valence-corrected chi connectivity index (χ0v) is 22.9.